The van der Waals surface area contributed by atoms with Crippen LogP contribution in [0.4, 0.5) is 0 Å². The summed E-state index contributed by atoms with van der Waals surface area (Å²) in [6, 6.07) is 7.48. The summed E-state index contributed by atoms with van der Waals surface area (Å²) < 4.78 is 0. The van der Waals surface area contributed by atoms with Crippen LogP contribution < -0.4 is 5.32 Å². The Balaban J connectivity index is 2.02. The van der Waals surface area contributed by atoms with Crippen molar-refractivity contribution in [2.75, 3.05) is 6.61 Å². The van der Waals surface area contributed by atoms with E-state index in [0.717, 1.165) is 18.4 Å². The molecular weight excluding hydrogens is 250 g/mol. The van der Waals surface area contributed by atoms with Crippen LogP contribution in [0.25, 0.3) is 0 Å². The number of carbonyl (C=O) groups is 1. The predicted octanol–water partition coefficient (Wildman–Crippen LogP) is 3.06. The monoisotopic (exact) mass is 275 g/mol. The topological polar surface area (TPSA) is 49.3 Å². The van der Waals surface area contributed by atoms with E-state index in [9.17, 15) is 9.90 Å². The van der Waals surface area contributed by atoms with Crippen LogP contribution in [-0.4, -0.2) is 23.7 Å². The van der Waals surface area contributed by atoms with Gasteiger partial charge in [-0.15, -0.1) is 0 Å². The first-order valence-corrected chi connectivity index (χ1v) is 7.69. The molecule has 0 radical (unpaired) electrons. The van der Waals surface area contributed by atoms with Gasteiger partial charge in [0.2, 0.25) is 0 Å². The maximum absolute atomic E-state index is 12.3. The highest BCUT2D eigenvalue weighted by Gasteiger charge is 2.24. The average Bonchev–Trinajstić information content (AvgIpc) is 2.74. The van der Waals surface area contributed by atoms with E-state index in [0.29, 0.717) is 11.5 Å². The third-order valence-corrected chi connectivity index (χ3v) is 4.37. The highest BCUT2D eigenvalue weighted by atomic mass is 16.3. The van der Waals surface area contributed by atoms with Crippen molar-refractivity contribution in [2.45, 2.75) is 51.5 Å². The number of nitrogens with one attached hydrogen (secondary N) is 1. The van der Waals surface area contributed by atoms with Crippen molar-refractivity contribution in [2.24, 2.45) is 5.92 Å². The van der Waals surface area contributed by atoms with Gasteiger partial charge in [0.05, 0.1) is 12.6 Å². The molecule has 110 valence electrons. The molecule has 1 aliphatic carbocycles. The lowest BCUT2D eigenvalue weighted by molar-refractivity contribution is 0.0881. The van der Waals surface area contributed by atoms with Gasteiger partial charge in [0.15, 0.2) is 0 Å². The van der Waals surface area contributed by atoms with Gasteiger partial charge in [-0.1, -0.05) is 43.9 Å². The van der Waals surface area contributed by atoms with Crippen LogP contribution in [0.5, 0.6) is 0 Å². The van der Waals surface area contributed by atoms with E-state index < -0.39 is 0 Å². The minimum absolute atomic E-state index is 0.0300. The Bertz CT molecular complexity index is 436. The van der Waals surface area contributed by atoms with Crippen molar-refractivity contribution in [3.05, 3.63) is 35.4 Å². The zero-order chi connectivity index (χ0) is 14.4. The summed E-state index contributed by atoms with van der Waals surface area (Å²) in [5, 5.41) is 12.7. The number of carbonyl (C=O) groups excluding carboxylic acids is 1. The molecule has 1 fully saturated rings. The molecule has 0 saturated heterocycles. The number of hydrogen-bond acceptors (Lipinski definition) is 2. The second kappa shape index (κ2) is 7.44. The lowest BCUT2D eigenvalue weighted by Gasteiger charge is -2.25. The molecule has 1 saturated carbocycles. The van der Waals surface area contributed by atoms with E-state index in [1.54, 1.807) is 0 Å². The molecule has 2 N–H and O–H groups in total. The molecule has 1 aromatic carbocycles. The number of aryl methyl sites for hydroxylation is 1. The van der Waals surface area contributed by atoms with Crippen LogP contribution in [0.3, 0.4) is 0 Å². The summed E-state index contributed by atoms with van der Waals surface area (Å²) in [6.45, 7) is 1.97. The summed E-state index contributed by atoms with van der Waals surface area (Å²) in [5.74, 6) is 0.349. The number of hydrogen-bond donors (Lipinski definition) is 2. The van der Waals surface area contributed by atoms with E-state index in [-0.39, 0.29) is 18.6 Å². The van der Waals surface area contributed by atoms with E-state index in [2.05, 4.69) is 5.32 Å². The molecule has 3 heteroatoms. The lowest BCUT2D eigenvalue weighted by atomic mass is 9.92. The lowest BCUT2D eigenvalue weighted by Crippen LogP contribution is -2.43. The average molecular weight is 275 g/mol. The molecule has 1 unspecified atom stereocenters. The highest BCUT2D eigenvalue weighted by Crippen LogP contribution is 2.25. The third-order valence-electron chi connectivity index (χ3n) is 4.37. The fourth-order valence-electron chi connectivity index (χ4n) is 3.10. The summed E-state index contributed by atoms with van der Waals surface area (Å²) in [7, 11) is 0. The van der Waals surface area contributed by atoms with Crippen LogP contribution >= 0.6 is 0 Å². The van der Waals surface area contributed by atoms with Crippen LogP contribution in [0.15, 0.2) is 24.3 Å². The molecule has 2 rings (SSSR count). The Morgan fingerprint density at radius 1 is 1.25 bits per heavy atom. The van der Waals surface area contributed by atoms with Gasteiger partial charge in [-0.05, 0) is 37.3 Å². The van der Waals surface area contributed by atoms with Gasteiger partial charge >= 0.3 is 0 Å². The molecule has 1 amide bonds. The first-order chi connectivity index (χ1) is 9.72. The number of amides is 1. The van der Waals surface area contributed by atoms with Gasteiger partial charge in [0.1, 0.15) is 0 Å². The highest BCUT2D eigenvalue weighted by molar-refractivity contribution is 5.95. The predicted molar refractivity (Wildman–Crippen MR) is 80.7 cm³/mol. The van der Waals surface area contributed by atoms with Crippen LogP contribution in [0, 0.1) is 12.8 Å². The molecule has 0 aliphatic heterocycles. The third kappa shape index (κ3) is 3.83. The second-order valence-corrected chi connectivity index (χ2v) is 5.83. The molecular formula is C17H25NO2. The number of aliphatic hydroxyl groups is 1. The van der Waals surface area contributed by atoms with Crippen molar-refractivity contribution in [3.63, 3.8) is 0 Å². The molecule has 0 spiro atoms. The minimum Gasteiger partial charge on any atom is -0.394 e. The summed E-state index contributed by atoms with van der Waals surface area (Å²) >= 11 is 0. The molecule has 3 nitrogen and oxygen atoms in total. The largest absolute Gasteiger partial charge is 0.394 e. The number of benzene rings is 1. The fraction of sp³-hybridized carbons (Fsp3) is 0.588. The zero-order valence-electron chi connectivity index (χ0n) is 12.3. The molecule has 1 aromatic rings. The molecule has 20 heavy (non-hydrogen) atoms. The molecule has 1 atom stereocenters. The smallest absolute Gasteiger partial charge is 0.251 e. The van der Waals surface area contributed by atoms with Gasteiger partial charge in [0, 0.05) is 5.56 Å². The van der Waals surface area contributed by atoms with Gasteiger partial charge < -0.3 is 10.4 Å². The van der Waals surface area contributed by atoms with Crippen LogP contribution in [0.1, 0.15) is 54.4 Å². The molecule has 1 aliphatic rings. The Morgan fingerprint density at radius 3 is 2.50 bits per heavy atom. The Morgan fingerprint density at radius 2 is 1.90 bits per heavy atom. The van der Waals surface area contributed by atoms with E-state index >= 15 is 0 Å². The first kappa shape index (κ1) is 15.0. The Kier molecular flexibility index (Phi) is 5.60. The van der Waals surface area contributed by atoms with Crippen molar-refractivity contribution < 1.29 is 9.90 Å². The number of aliphatic hydroxyl groups excluding tert-OH is 1. The van der Waals surface area contributed by atoms with Crippen molar-refractivity contribution in [1.82, 2.24) is 5.32 Å². The molecule has 0 aromatic heterocycles. The van der Waals surface area contributed by atoms with Gasteiger partial charge in [-0.2, -0.15) is 0 Å². The SMILES string of the molecule is Cc1ccccc1C(=O)NC(CO)C1CCCCCC1. The van der Waals surface area contributed by atoms with Crippen LogP contribution in [0.2, 0.25) is 0 Å². The van der Waals surface area contributed by atoms with E-state index in [1.807, 2.05) is 31.2 Å². The standard InChI is InChI=1S/C17H25NO2/c1-13-8-6-7-11-15(13)17(20)18-16(12-19)14-9-4-2-3-5-10-14/h6-8,11,14,16,19H,2-5,9-10,12H2,1H3,(H,18,20). The van der Waals surface area contributed by atoms with Gasteiger partial charge in [0.25, 0.3) is 5.91 Å². The quantitative estimate of drug-likeness (QED) is 0.830. The molecule has 0 heterocycles. The van der Waals surface area contributed by atoms with Crippen molar-refractivity contribution >= 4 is 5.91 Å². The van der Waals surface area contributed by atoms with Crippen molar-refractivity contribution in [3.8, 4) is 0 Å². The Labute approximate surface area is 121 Å². The van der Waals surface area contributed by atoms with Gasteiger partial charge in [-0.3, -0.25) is 4.79 Å². The van der Waals surface area contributed by atoms with Crippen LogP contribution in [-0.2, 0) is 0 Å². The van der Waals surface area contributed by atoms with Crippen molar-refractivity contribution in [1.29, 1.82) is 0 Å². The first-order valence-electron chi connectivity index (χ1n) is 7.69. The van der Waals surface area contributed by atoms with E-state index in [1.165, 1.54) is 25.7 Å². The summed E-state index contributed by atoms with van der Waals surface area (Å²) in [4.78, 5) is 12.3. The second-order valence-electron chi connectivity index (χ2n) is 5.83. The Hall–Kier alpha value is -1.35. The summed E-state index contributed by atoms with van der Waals surface area (Å²) in [5.41, 5.74) is 1.68. The maximum atomic E-state index is 12.3. The summed E-state index contributed by atoms with van der Waals surface area (Å²) in [6.07, 6.45) is 7.20. The zero-order valence-corrected chi connectivity index (χ0v) is 12.3. The molecule has 0 bridgehead atoms. The van der Waals surface area contributed by atoms with E-state index in [4.69, 9.17) is 0 Å². The minimum atomic E-state index is -0.111. The normalized spacial score (nSPS) is 18.3. The maximum Gasteiger partial charge on any atom is 0.251 e. The fourth-order valence-corrected chi connectivity index (χ4v) is 3.10. The number of rotatable bonds is 4. The van der Waals surface area contributed by atoms with Gasteiger partial charge in [-0.25, -0.2) is 0 Å².